The number of carbonyl (C=O) groups is 1. The van der Waals surface area contributed by atoms with Crippen LogP contribution in [-0.2, 0) is 14.8 Å². The van der Waals surface area contributed by atoms with Crippen LogP contribution in [0.5, 0.6) is 0 Å². The fourth-order valence-electron chi connectivity index (χ4n) is 1.49. The van der Waals surface area contributed by atoms with Crippen LogP contribution in [0.4, 0.5) is 10.1 Å². The van der Waals surface area contributed by atoms with E-state index in [0.717, 1.165) is 12.1 Å². The van der Waals surface area contributed by atoms with Gasteiger partial charge in [-0.2, -0.15) is 0 Å². The van der Waals surface area contributed by atoms with Crippen molar-refractivity contribution in [2.75, 3.05) is 5.32 Å². The number of anilines is 1. The van der Waals surface area contributed by atoms with Gasteiger partial charge in [-0.3, -0.25) is 4.79 Å². The van der Waals surface area contributed by atoms with Crippen LogP contribution >= 0.6 is 0 Å². The Kier molecular flexibility index (Phi) is 5.08. The first-order chi connectivity index (χ1) is 9.45. The molecule has 1 unspecified atom stereocenters. The molecule has 1 aromatic carbocycles. The van der Waals surface area contributed by atoms with E-state index in [2.05, 4.69) is 10.0 Å². The molecule has 8 heteroatoms. The molecule has 0 fully saturated rings. The Bertz CT molecular complexity index is 642. The number of sulfonamides is 1. The predicted molar refractivity (Wildman–Crippen MR) is 76.8 cm³/mol. The van der Waals surface area contributed by atoms with E-state index in [1.165, 1.54) is 33.8 Å². The third-order valence-electron chi connectivity index (χ3n) is 2.98. The van der Waals surface area contributed by atoms with Gasteiger partial charge < -0.3 is 10.4 Å². The lowest BCUT2D eigenvalue weighted by molar-refractivity contribution is -0.114. The predicted octanol–water partition coefficient (Wildman–Crippen LogP) is 1.22. The Morgan fingerprint density at radius 1 is 1.38 bits per heavy atom. The largest absolute Gasteiger partial charge is 0.391 e. The van der Waals surface area contributed by atoms with Gasteiger partial charge in [-0.25, -0.2) is 17.5 Å². The van der Waals surface area contributed by atoms with Crippen molar-refractivity contribution in [2.24, 2.45) is 0 Å². The van der Waals surface area contributed by atoms with Crippen molar-refractivity contribution in [3.8, 4) is 0 Å². The number of carbonyl (C=O) groups excluding carboxylic acids is 1. The molecule has 0 saturated carbocycles. The summed E-state index contributed by atoms with van der Waals surface area (Å²) in [5.41, 5.74) is -0.990. The van der Waals surface area contributed by atoms with Crippen LogP contribution in [0.1, 0.15) is 27.7 Å². The number of aliphatic hydroxyl groups is 1. The minimum Gasteiger partial charge on any atom is -0.391 e. The van der Waals surface area contributed by atoms with Crippen LogP contribution in [-0.4, -0.2) is 31.1 Å². The van der Waals surface area contributed by atoms with Gasteiger partial charge in [0.2, 0.25) is 15.9 Å². The molecular weight excluding hydrogens is 299 g/mol. The number of hydrogen-bond acceptors (Lipinski definition) is 4. The molecule has 3 N–H and O–H groups in total. The highest BCUT2D eigenvalue weighted by molar-refractivity contribution is 7.89. The van der Waals surface area contributed by atoms with Crippen molar-refractivity contribution < 1.29 is 22.7 Å². The van der Waals surface area contributed by atoms with E-state index >= 15 is 0 Å². The van der Waals surface area contributed by atoms with Gasteiger partial charge >= 0.3 is 0 Å². The average Bonchev–Trinajstić information content (AvgIpc) is 2.25. The quantitative estimate of drug-likeness (QED) is 0.760. The molecule has 6 nitrogen and oxygen atoms in total. The summed E-state index contributed by atoms with van der Waals surface area (Å²) in [4.78, 5) is 10.3. The molecule has 1 amide bonds. The topological polar surface area (TPSA) is 95.5 Å². The van der Waals surface area contributed by atoms with Crippen LogP contribution in [0.15, 0.2) is 23.1 Å². The van der Waals surface area contributed by atoms with Crippen LogP contribution in [0.25, 0.3) is 0 Å². The van der Waals surface area contributed by atoms with Gasteiger partial charge in [-0.15, -0.1) is 0 Å². The Morgan fingerprint density at radius 2 is 1.95 bits per heavy atom. The van der Waals surface area contributed by atoms with Gasteiger partial charge in [0.05, 0.1) is 11.6 Å². The van der Waals surface area contributed by atoms with Gasteiger partial charge in [0, 0.05) is 12.6 Å². The monoisotopic (exact) mass is 318 g/mol. The summed E-state index contributed by atoms with van der Waals surface area (Å²) < 4.78 is 40.5. The zero-order valence-electron chi connectivity index (χ0n) is 12.3. The molecular formula is C13H19FN2O4S. The molecule has 0 radical (unpaired) electrons. The van der Waals surface area contributed by atoms with Gasteiger partial charge in [-0.1, -0.05) is 0 Å². The van der Waals surface area contributed by atoms with Crippen LogP contribution in [0, 0.1) is 5.82 Å². The lowest BCUT2D eigenvalue weighted by atomic mass is 10.0. The summed E-state index contributed by atoms with van der Waals surface area (Å²) in [5.74, 6) is -1.38. The van der Waals surface area contributed by atoms with Gasteiger partial charge in [0.25, 0.3) is 0 Å². The van der Waals surface area contributed by atoms with Gasteiger partial charge in [0.15, 0.2) is 0 Å². The Balaban J connectivity index is 3.13. The zero-order valence-corrected chi connectivity index (χ0v) is 13.1. The number of hydrogen-bond donors (Lipinski definition) is 3. The molecule has 0 saturated heterocycles. The second-order valence-electron chi connectivity index (χ2n) is 5.33. The van der Waals surface area contributed by atoms with E-state index in [1.807, 2.05) is 0 Å². The summed E-state index contributed by atoms with van der Waals surface area (Å²) >= 11 is 0. The van der Waals surface area contributed by atoms with Crippen LogP contribution in [0.2, 0.25) is 0 Å². The molecule has 0 heterocycles. The molecule has 1 rings (SSSR count). The highest BCUT2D eigenvalue weighted by atomic mass is 32.2. The van der Waals surface area contributed by atoms with E-state index in [9.17, 15) is 22.7 Å². The van der Waals surface area contributed by atoms with E-state index in [1.54, 1.807) is 0 Å². The summed E-state index contributed by atoms with van der Waals surface area (Å²) in [7, 11) is -4.14. The van der Waals surface area contributed by atoms with Crippen molar-refractivity contribution in [1.82, 2.24) is 4.72 Å². The third kappa shape index (κ3) is 4.48. The number of benzene rings is 1. The van der Waals surface area contributed by atoms with Gasteiger partial charge in [-0.05, 0) is 39.0 Å². The Morgan fingerprint density at radius 3 is 2.38 bits per heavy atom. The minimum atomic E-state index is -4.14. The van der Waals surface area contributed by atoms with Gasteiger partial charge in [0.1, 0.15) is 10.7 Å². The maximum absolute atomic E-state index is 13.9. The molecule has 118 valence electrons. The molecule has 0 bridgehead atoms. The first-order valence-corrected chi connectivity index (χ1v) is 7.73. The zero-order chi connectivity index (χ0) is 16.4. The second kappa shape index (κ2) is 6.08. The number of amides is 1. The molecule has 0 aromatic heterocycles. The normalized spacial score (nSPS) is 13.8. The van der Waals surface area contributed by atoms with Crippen LogP contribution < -0.4 is 10.0 Å². The Hall–Kier alpha value is -1.51. The molecule has 1 atom stereocenters. The maximum atomic E-state index is 13.9. The van der Waals surface area contributed by atoms with E-state index in [4.69, 9.17) is 0 Å². The summed E-state index contributed by atoms with van der Waals surface area (Å²) in [5, 5.41) is 11.9. The number of aliphatic hydroxyl groups excluding tert-OH is 1. The highest BCUT2D eigenvalue weighted by Crippen LogP contribution is 2.21. The second-order valence-corrected chi connectivity index (χ2v) is 6.98. The first kappa shape index (κ1) is 17.5. The molecule has 1 aromatic rings. The molecule has 0 aliphatic rings. The van der Waals surface area contributed by atoms with Crippen molar-refractivity contribution in [3.05, 3.63) is 24.0 Å². The lowest BCUT2D eigenvalue weighted by Crippen LogP contribution is -2.50. The smallest absolute Gasteiger partial charge is 0.244 e. The van der Waals surface area contributed by atoms with Crippen LogP contribution in [0.3, 0.4) is 0 Å². The molecule has 21 heavy (non-hydrogen) atoms. The van der Waals surface area contributed by atoms with Crippen molar-refractivity contribution in [1.29, 1.82) is 0 Å². The summed E-state index contributed by atoms with van der Waals surface area (Å²) in [6.45, 7) is 5.66. The van der Waals surface area contributed by atoms with E-state index in [0.29, 0.717) is 0 Å². The number of halogens is 1. The molecule has 0 aliphatic carbocycles. The maximum Gasteiger partial charge on any atom is 0.244 e. The molecule has 0 aliphatic heterocycles. The number of nitrogens with one attached hydrogen (secondary N) is 2. The fraction of sp³-hybridized carbons (Fsp3) is 0.462. The van der Waals surface area contributed by atoms with E-state index in [-0.39, 0.29) is 5.69 Å². The van der Waals surface area contributed by atoms with E-state index < -0.39 is 38.3 Å². The number of rotatable bonds is 5. The lowest BCUT2D eigenvalue weighted by Gasteiger charge is -2.29. The minimum absolute atomic E-state index is 0.161. The summed E-state index contributed by atoms with van der Waals surface area (Å²) in [6, 6.07) is 3.26. The summed E-state index contributed by atoms with van der Waals surface area (Å²) in [6.07, 6.45) is -0.964. The Labute approximate surface area is 123 Å². The van der Waals surface area contributed by atoms with Crippen molar-refractivity contribution in [2.45, 2.75) is 44.2 Å². The van der Waals surface area contributed by atoms with Crippen molar-refractivity contribution in [3.63, 3.8) is 0 Å². The highest BCUT2D eigenvalue weighted by Gasteiger charge is 2.31. The van der Waals surface area contributed by atoms with Crippen molar-refractivity contribution >= 4 is 21.6 Å². The SMILES string of the molecule is CC(=O)Nc1ccc(S(=O)(=O)NC(C)(C)C(C)O)c(F)c1. The first-order valence-electron chi connectivity index (χ1n) is 6.25. The fourth-order valence-corrected chi connectivity index (χ4v) is 3.02. The average molecular weight is 318 g/mol. The molecule has 0 spiro atoms. The standard InChI is InChI=1S/C13H19FN2O4S/c1-8(17)13(3,4)16-21(19,20)12-6-5-10(7-11(12)14)15-9(2)18/h5-8,16-17H,1-4H3,(H,15,18). The third-order valence-corrected chi connectivity index (χ3v) is 4.69.